The van der Waals surface area contributed by atoms with E-state index in [1.165, 1.54) is 12.3 Å². The fraction of sp³-hybridized carbons (Fsp3) is 0.150. The highest BCUT2D eigenvalue weighted by Gasteiger charge is 2.35. The molecule has 7 heteroatoms. The third-order valence-electron chi connectivity index (χ3n) is 4.67. The predicted octanol–water partition coefficient (Wildman–Crippen LogP) is 3.79. The van der Waals surface area contributed by atoms with Gasteiger partial charge in [-0.25, -0.2) is 4.39 Å². The summed E-state index contributed by atoms with van der Waals surface area (Å²) in [5, 5.41) is 12.5. The van der Waals surface area contributed by atoms with E-state index >= 15 is 0 Å². The van der Waals surface area contributed by atoms with E-state index in [9.17, 15) is 19.1 Å². The summed E-state index contributed by atoms with van der Waals surface area (Å²) in [6.07, 6.45) is 2.67. The molecule has 0 fully saturated rings. The van der Waals surface area contributed by atoms with E-state index < -0.39 is 17.7 Å². The number of benzene rings is 1. The third kappa shape index (κ3) is 3.08. The van der Waals surface area contributed by atoms with Crippen molar-refractivity contribution in [3.05, 3.63) is 65.9 Å². The number of nitrogens with one attached hydrogen (secondary N) is 2. The minimum Gasteiger partial charge on any atom is -0.481 e. The number of hydrogen-bond acceptors (Lipinski definition) is 4. The quantitative estimate of drug-likeness (QED) is 0.654. The second-order valence-electron chi connectivity index (χ2n) is 6.44. The first-order valence-corrected chi connectivity index (χ1v) is 8.47. The molecule has 1 aromatic carbocycles. The molecule has 3 N–H and O–H groups in total. The number of carbonyl (C=O) groups excluding carboxylic acids is 1. The van der Waals surface area contributed by atoms with Crippen molar-refractivity contribution in [2.24, 2.45) is 5.92 Å². The molecule has 0 amide bonds. The summed E-state index contributed by atoms with van der Waals surface area (Å²) in [4.78, 5) is 30.9. The van der Waals surface area contributed by atoms with Gasteiger partial charge in [-0.1, -0.05) is 18.2 Å². The summed E-state index contributed by atoms with van der Waals surface area (Å²) in [5.74, 6) is -2.62. The van der Waals surface area contributed by atoms with Gasteiger partial charge in [-0.05, 0) is 18.2 Å². The number of aromatic amines is 1. The molecule has 27 heavy (non-hydrogen) atoms. The number of ketones is 1. The number of para-hydroxylation sites is 1. The minimum atomic E-state index is -1.02. The number of H-pyrrole nitrogens is 1. The topological polar surface area (TPSA) is 95.1 Å². The summed E-state index contributed by atoms with van der Waals surface area (Å²) in [7, 11) is 0. The van der Waals surface area contributed by atoms with Crippen LogP contribution in [0.4, 0.5) is 15.8 Å². The molecule has 0 saturated heterocycles. The van der Waals surface area contributed by atoms with Gasteiger partial charge in [-0.15, -0.1) is 0 Å². The Labute approximate surface area is 154 Å². The smallest absolute Gasteiger partial charge is 0.307 e. The van der Waals surface area contributed by atoms with Gasteiger partial charge in [0.05, 0.1) is 29.1 Å². The minimum absolute atomic E-state index is 0.0814. The van der Waals surface area contributed by atoms with Gasteiger partial charge in [0.2, 0.25) is 0 Å². The molecule has 136 valence electrons. The van der Waals surface area contributed by atoms with Crippen molar-refractivity contribution < 1.29 is 19.1 Å². The van der Waals surface area contributed by atoms with Crippen LogP contribution in [0.25, 0.3) is 11.3 Å². The fourth-order valence-electron chi connectivity index (χ4n) is 3.40. The maximum absolute atomic E-state index is 14.4. The third-order valence-corrected chi connectivity index (χ3v) is 4.67. The van der Waals surface area contributed by atoms with Crippen molar-refractivity contribution in [3.8, 4) is 11.3 Å². The molecule has 0 radical (unpaired) electrons. The van der Waals surface area contributed by atoms with Crippen LogP contribution in [0.1, 0.15) is 22.5 Å². The van der Waals surface area contributed by atoms with Crippen LogP contribution in [0, 0.1) is 11.7 Å². The Morgan fingerprint density at radius 2 is 2.00 bits per heavy atom. The van der Waals surface area contributed by atoms with E-state index in [4.69, 9.17) is 0 Å². The van der Waals surface area contributed by atoms with Gasteiger partial charge in [0.15, 0.2) is 11.6 Å². The highest BCUT2D eigenvalue weighted by molar-refractivity contribution is 6.08. The van der Waals surface area contributed by atoms with Crippen molar-refractivity contribution in [1.82, 2.24) is 9.97 Å². The first kappa shape index (κ1) is 17.0. The average Bonchev–Trinajstić information content (AvgIpc) is 3.01. The van der Waals surface area contributed by atoms with Crippen LogP contribution in [0.2, 0.25) is 0 Å². The van der Waals surface area contributed by atoms with Gasteiger partial charge in [0.25, 0.3) is 0 Å². The molecule has 2 heterocycles. The second-order valence-corrected chi connectivity index (χ2v) is 6.44. The molecule has 1 aliphatic carbocycles. The standard InChI is InChI=1S/C20H16FN3O3/c21-14-10-22-7-6-13(14)18-19(23-12-4-2-1-3-5-12)17-15(24-18)8-11(20(26)27)9-16(17)25/h1-7,10-11,23-24H,8-9H2,(H,26,27). The normalized spacial score (nSPS) is 16.0. The largest absolute Gasteiger partial charge is 0.481 e. The lowest BCUT2D eigenvalue weighted by Crippen LogP contribution is -2.26. The van der Waals surface area contributed by atoms with Gasteiger partial charge in [-0.3, -0.25) is 14.6 Å². The number of fused-ring (bicyclic) bond motifs is 1. The van der Waals surface area contributed by atoms with Crippen molar-refractivity contribution in [3.63, 3.8) is 0 Å². The Morgan fingerprint density at radius 3 is 2.70 bits per heavy atom. The highest BCUT2D eigenvalue weighted by atomic mass is 19.1. The summed E-state index contributed by atoms with van der Waals surface area (Å²) in [6.45, 7) is 0. The molecule has 3 aromatic rings. The SMILES string of the molecule is O=C1CC(C(=O)O)Cc2[nH]c(-c3ccncc3F)c(Nc3ccccc3)c21. The molecule has 0 saturated carbocycles. The van der Waals surface area contributed by atoms with Crippen LogP contribution in [0.5, 0.6) is 0 Å². The van der Waals surface area contributed by atoms with Gasteiger partial charge >= 0.3 is 5.97 Å². The molecule has 1 atom stereocenters. The Hall–Kier alpha value is -3.48. The number of rotatable bonds is 4. The van der Waals surface area contributed by atoms with Gasteiger partial charge in [0.1, 0.15) is 0 Å². The molecule has 0 bridgehead atoms. The number of aliphatic carboxylic acids is 1. The summed E-state index contributed by atoms with van der Waals surface area (Å²) in [6, 6.07) is 10.7. The summed E-state index contributed by atoms with van der Waals surface area (Å²) < 4.78 is 14.4. The molecule has 4 rings (SSSR count). The van der Waals surface area contributed by atoms with Crippen molar-refractivity contribution >= 4 is 23.1 Å². The molecule has 6 nitrogen and oxygen atoms in total. The van der Waals surface area contributed by atoms with E-state index in [-0.39, 0.29) is 24.2 Å². The van der Waals surface area contributed by atoms with Crippen LogP contribution in [0.15, 0.2) is 48.8 Å². The van der Waals surface area contributed by atoms with E-state index in [0.29, 0.717) is 22.6 Å². The first-order valence-electron chi connectivity index (χ1n) is 8.47. The Balaban J connectivity index is 1.88. The number of hydrogen-bond donors (Lipinski definition) is 3. The number of carboxylic acids is 1. The van der Waals surface area contributed by atoms with E-state index in [2.05, 4.69) is 15.3 Å². The van der Waals surface area contributed by atoms with Crippen molar-refractivity contribution in [1.29, 1.82) is 0 Å². The molecular weight excluding hydrogens is 349 g/mol. The molecule has 0 aliphatic heterocycles. The molecule has 1 unspecified atom stereocenters. The second kappa shape index (κ2) is 6.68. The number of anilines is 2. The van der Waals surface area contributed by atoms with Crippen molar-refractivity contribution in [2.75, 3.05) is 5.32 Å². The lowest BCUT2D eigenvalue weighted by Gasteiger charge is -2.18. The monoisotopic (exact) mass is 365 g/mol. The number of Topliss-reactive ketones (excluding diaryl/α,β-unsaturated/α-hetero) is 1. The number of nitrogens with zero attached hydrogens (tertiary/aromatic N) is 1. The number of aromatic nitrogens is 2. The highest BCUT2D eigenvalue weighted by Crippen LogP contribution is 2.40. The maximum Gasteiger partial charge on any atom is 0.307 e. The van der Waals surface area contributed by atoms with Gasteiger partial charge in [0, 0.05) is 36.0 Å². The molecule has 0 spiro atoms. The van der Waals surface area contributed by atoms with Crippen LogP contribution >= 0.6 is 0 Å². The molecular formula is C20H16FN3O3. The van der Waals surface area contributed by atoms with E-state index in [0.717, 1.165) is 11.9 Å². The fourth-order valence-corrected chi connectivity index (χ4v) is 3.40. The number of carbonyl (C=O) groups is 2. The van der Waals surface area contributed by atoms with E-state index in [1.807, 2.05) is 30.3 Å². The van der Waals surface area contributed by atoms with Gasteiger partial charge < -0.3 is 15.4 Å². The average molecular weight is 365 g/mol. The first-order chi connectivity index (χ1) is 13.0. The Morgan fingerprint density at radius 1 is 1.22 bits per heavy atom. The van der Waals surface area contributed by atoms with Crippen LogP contribution in [0.3, 0.4) is 0 Å². The summed E-state index contributed by atoms with van der Waals surface area (Å²) >= 11 is 0. The summed E-state index contributed by atoms with van der Waals surface area (Å²) in [5.41, 5.74) is 2.75. The maximum atomic E-state index is 14.4. The van der Waals surface area contributed by atoms with Crippen LogP contribution in [-0.4, -0.2) is 26.8 Å². The zero-order valence-electron chi connectivity index (χ0n) is 14.2. The van der Waals surface area contributed by atoms with E-state index in [1.54, 1.807) is 0 Å². The lowest BCUT2D eigenvalue weighted by atomic mass is 9.86. The number of halogens is 1. The lowest BCUT2D eigenvalue weighted by molar-refractivity contribution is -0.141. The Bertz CT molecular complexity index is 1030. The molecule has 1 aliphatic rings. The zero-order valence-corrected chi connectivity index (χ0v) is 14.2. The van der Waals surface area contributed by atoms with Gasteiger partial charge in [-0.2, -0.15) is 0 Å². The number of pyridine rings is 1. The Kier molecular flexibility index (Phi) is 4.19. The van der Waals surface area contributed by atoms with Crippen LogP contribution in [-0.2, 0) is 11.2 Å². The van der Waals surface area contributed by atoms with Crippen LogP contribution < -0.4 is 5.32 Å². The zero-order chi connectivity index (χ0) is 19.0. The van der Waals surface area contributed by atoms with Crippen molar-refractivity contribution in [2.45, 2.75) is 12.8 Å². The number of carboxylic acid groups (broad SMARTS) is 1. The predicted molar refractivity (Wildman–Crippen MR) is 97.5 cm³/mol. The molecule has 2 aromatic heterocycles.